The Hall–Kier alpha value is -4.96. The fourth-order valence-corrected chi connectivity index (χ4v) is 4.47. The summed E-state index contributed by atoms with van der Waals surface area (Å²) in [6.45, 7) is -0.166. The van der Waals surface area contributed by atoms with Gasteiger partial charge in [0.15, 0.2) is 11.5 Å². The van der Waals surface area contributed by atoms with Gasteiger partial charge in [-0.2, -0.15) is 0 Å². The first-order valence-electron chi connectivity index (χ1n) is 12.5. The average Bonchev–Trinajstić information content (AvgIpc) is 2.98. The van der Waals surface area contributed by atoms with Crippen LogP contribution in [0.3, 0.4) is 0 Å². The predicted molar refractivity (Wildman–Crippen MR) is 154 cm³/mol. The molecule has 0 saturated carbocycles. The second-order valence-electron chi connectivity index (χ2n) is 8.98. The summed E-state index contributed by atoms with van der Waals surface area (Å²) in [4.78, 5) is 18.7. The number of halogens is 4. The van der Waals surface area contributed by atoms with Crippen LogP contribution >= 0.6 is 11.6 Å². The van der Waals surface area contributed by atoms with E-state index in [1.165, 1.54) is 32.5 Å². The Morgan fingerprint density at radius 3 is 2.36 bits per heavy atom. The van der Waals surface area contributed by atoms with Crippen LogP contribution in [0.1, 0.15) is 5.56 Å². The molecule has 7 nitrogen and oxygen atoms in total. The number of amides is 2. The molecule has 0 fully saturated rings. The molecule has 0 unspecified atom stereocenters. The zero-order valence-electron chi connectivity index (χ0n) is 22.3. The summed E-state index contributed by atoms with van der Waals surface area (Å²) in [6, 6.07) is 17.5. The maximum absolute atomic E-state index is 15.2. The molecule has 5 rings (SSSR count). The summed E-state index contributed by atoms with van der Waals surface area (Å²) in [7, 11) is 3.02. The molecule has 214 valence electrons. The van der Waals surface area contributed by atoms with Gasteiger partial charge in [0.1, 0.15) is 29.0 Å². The second kappa shape index (κ2) is 12.3. The third kappa shape index (κ3) is 6.03. The highest BCUT2D eigenvalue weighted by molar-refractivity contribution is 6.31. The molecule has 4 aromatic carbocycles. The predicted octanol–water partition coefficient (Wildman–Crippen LogP) is 8.35. The van der Waals surface area contributed by atoms with E-state index >= 15 is 4.39 Å². The fraction of sp³-hybridized carbons (Fsp3) is 0.0968. The standard InChI is InChI=1S/C31H23ClF3N3O4/c1-40-29-15-21-26(16-30(29)41-2)36-12-11-28(21)42-20-8-9-25(23(34)14-20)37-31(39)38(17-18-5-3-4-6-22(18)32)27-10-7-19(33)13-24(27)35/h3-16H,17H2,1-2H3,(H,37,39). The van der Waals surface area contributed by atoms with Crippen LogP contribution in [0.25, 0.3) is 10.9 Å². The summed E-state index contributed by atoms with van der Waals surface area (Å²) in [6.07, 6.45) is 1.54. The molecule has 0 aliphatic heterocycles. The minimum atomic E-state index is -0.972. The number of carbonyl (C=O) groups excluding carboxylic acids is 1. The number of pyridine rings is 1. The molecule has 1 heterocycles. The number of methoxy groups -OCH3 is 2. The second-order valence-corrected chi connectivity index (χ2v) is 9.39. The molecular formula is C31H23ClF3N3O4. The van der Waals surface area contributed by atoms with Crippen LogP contribution in [0.5, 0.6) is 23.0 Å². The van der Waals surface area contributed by atoms with Crippen molar-refractivity contribution in [3.63, 3.8) is 0 Å². The van der Waals surface area contributed by atoms with E-state index in [2.05, 4.69) is 10.3 Å². The lowest BCUT2D eigenvalue weighted by Gasteiger charge is -2.24. The first kappa shape index (κ1) is 28.6. The van der Waals surface area contributed by atoms with E-state index in [1.807, 2.05) is 0 Å². The molecule has 0 radical (unpaired) electrons. The summed E-state index contributed by atoms with van der Waals surface area (Å²) in [5.41, 5.74) is 0.665. The van der Waals surface area contributed by atoms with Gasteiger partial charge in [-0.05, 0) is 48.0 Å². The Morgan fingerprint density at radius 1 is 0.881 bits per heavy atom. The minimum absolute atomic E-state index is 0.144. The third-order valence-electron chi connectivity index (χ3n) is 6.35. The number of ether oxygens (including phenoxy) is 3. The Morgan fingerprint density at radius 2 is 1.64 bits per heavy atom. The van der Waals surface area contributed by atoms with Crippen molar-refractivity contribution in [2.24, 2.45) is 0 Å². The Balaban J connectivity index is 1.41. The zero-order chi connectivity index (χ0) is 29.8. The topological polar surface area (TPSA) is 72.9 Å². The van der Waals surface area contributed by atoms with E-state index < -0.39 is 23.5 Å². The van der Waals surface area contributed by atoms with Gasteiger partial charge in [-0.3, -0.25) is 9.88 Å². The molecule has 0 bridgehead atoms. The largest absolute Gasteiger partial charge is 0.493 e. The summed E-state index contributed by atoms with van der Waals surface area (Å²) < 4.78 is 60.2. The van der Waals surface area contributed by atoms with Gasteiger partial charge >= 0.3 is 6.03 Å². The normalized spacial score (nSPS) is 10.8. The molecular weight excluding hydrogens is 571 g/mol. The number of carbonyl (C=O) groups is 1. The number of nitrogens with zero attached hydrogens (tertiary/aromatic N) is 2. The van der Waals surface area contributed by atoms with Crippen molar-refractivity contribution in [2.75, 3.05) is 24.4 Å². The van der Waals surface area contributed by atoms with Gasteiger partial charge in [0, 0.05) is 34.8 Å². The van der Waals surface area contributed by atoms with Crippen molar-refractivity contribution in [2.45, 2.75) is 6.54 Å². The average molecular weight is 594 g/mol. The van der Waals surface area contributed by atoms with Crippen molar-refractivity contribution < 1.29 is 32.2 Å². The number of hydrogen-bond donors (Lipinski definition) is 1. The molecule has 5 aromatic rings. The van der Waals surface area contributed by atoms with E-state index in [9.17, 15) is 13.6 Å². The molecule has 0 aliphatic rings. The van der Waals surface area contributed by atoms with Gasteiger partial charge in [-0.25, -0.2) is 18.0 Å². The maximum Gasteiger partial charge on any atom is 0.326 e. The first-order valence-corrected chi connectivity index (χ1v) is 12.9. The number of rotatable bonds is 8. The van der Waals surface area contributed by atoms with E-state index in [1.54, 1.807) is 42.5 Å². The molecule has 1 N–H and O–H groups in total. The lowest BCUT2D eigenvalue weighted by Crippen LogP contribution is -2.35. The number of urea groups is 1. The highest BCUT2D eigenvalue weighted by Gasteiger charge is 2.23. The molecule has 1 aromatic heterocycles. The lowest BCUT2D eigenvalue weighted by molar-refractivity contribution is 0.256. The van der Waals surface area contributed by atoms with Crippen LogP contribution in [0.2, 0.25) is 5.02 Å². The maximum atomic E-state index is 15.2. The SMILES string of the molecule is COc1cc2nccc(Oc3ccc(NC(=O)N(Cc4ccccc4Cl)c4ccc(F)cc4F)c(F)c3)c2cc1OC. The Labute approximate surface area is 244 Å². The molecule has 0 spiro atoms. The van der Waals surface area contributed by atoms with Crippen molar-refractivity contribution in [3.05, 3.63) is 113 Å². The quantitative estimate of drug-likeness (QED) is 0.196. The van der Waals surface area contributed by atoms with Crippen LogP contribution in [0, 0.1) is 17.5 Å². The molecule has 11 heteroatoms. The lowest BCUT2D eigenvalue weighted by atomic mass is 10.1. The molecule has 0 saturated heterocycles. The van der Waals surface area contributed by atoms with Crippen molar-refractivity contribution in [3.8, 4) is 23.0 Å². The number of anilines is 2. The first-order chi connectivity index (χ1) is 20.3. The minimum Gasteiger partial charge on any atom is -0.493 e. The van der Waals surface area contributed by atoms with Crippen LogP contribution < -0.4 is 24.4 Å². The molecule has 42 heavy (non-hydrogen) atoms. The van der Waals surface area contributed by atoms with E-state index in [0.29, 0.717) is 44.8 Å². The van der Waals surface area contributed by atoms with Crippen molar-refractivity contribution in [1.82, 2.24) is 4.98 Å². The van der Waals surface area contributed by atoms with Crippen LogP contribution in [0.15, 0.2) is 85.1 Å². The van der Waals surface area contributed by atoms with E-state index in [-0.39, 0.29) is 23.7 Å². The highest BCUT2D eigenvalue weighted by Crippen LogP contribution is 2.37. The van der Waals surface area contributed by atoms with Gasteiger partial charge in [-0.1, -0.05) is 29.8 Å². The molecule has 0 aliphatic carbocycles. The summed E-state index contributed by atoms with van der Waals surface area (Å²) in [5, 5.41) is 3.39. The van der Waals surface area contributed by atoms with Crippen molar-refractivity contribution in [1.29, 1.82) is 0 Å². The Kier molecular flexibility index (Phi) is 8.35. The summed E-state index contributed by atoms with van der Waals surface area (Å²) in [5.74, 6) is -1.11. The Bertz CT molecular complexity index is 1790. The van der Waals surface area contributed by atoms with Crippen LogP contribution in [-0.2, 0) is 6.54 Å². The van der Waals surface area contributed by atoms with Gasteiger partial charge in [0.2, 0.25) is 0 Å². The smallest absolute Gasteiger partial charge is 0.326 e. The number of hydrogen-bond acceptors (Lipinski definition) is 5. The van der Waals surface area contributed by atoms with Gasteiger partial charge < -0.3 is 19.5 Å². The number of nitrogens with one attached hydrogen (secondary N) is 1. The number of aromatic nitrogens is 1. The van der Waals surface area contributed by atoms with Crippen LogP contribution in [0.4, 0.5) is 29.3 Å². The van der Waals surface area contributed by atoms with Gasteiger partial charge in [0.25, 0.3) is 0 Å². The van der Waals surface area contributed by atoms with Gasteiger partial charge in [0.05, 0.1) is 37.7 Å². The fourth-order valence-electron chi connectivity index (χ4n) is 4.27. The molecule has 0 atom stereocenters. The van der Waals surface area contributed by atoms with E-state index in [0.717, 1.165) is 23.1 Å². The van der Waals surface area contributed by atoms with Crippen LogP contribution in [-0.4, -0.2) is 25.2 Å². The van der Waals surface area contributed by atoms with Crippen molar-refractivity contribution >= 4 is 39.9 Å². The van der Waals surface area contributed by atoms with Gasteiger partial charge in [-0.15, -0.1) is 0 Å². The zero-order valence-corrected chi connectivity index (χ0v) is 23.1. The number of benzene rings is 4. The molecule has 2 amide bonds. The monoisotopic (exact) mass is 593 g/mol. The highest BCUT2D eigenvalue weighted by atomic mass is 35.5. The van der Waals surface area contributed by atoms with E-state index in [4.69, 9.17) is 25.8 Å². The summed E-state index contributed by atoms with van der Waals surface area (Å²) >= 11 is 6.26. The third-order valence-corrected chi connectivity index (χ3v) is 6.72. The number of fused-ring (bicyclic) bond motifs is 1.